The Morgan fingerprint density at radius 2 is 1.83 bits per heavy atom. The predicted molar refractivity (Wildman–Crippen MR) is 88.3 cm³/mol. The zero-order valence-corrected chi connectivity index (χ0v) is 12.7. The molecule has 4 N–H and O–H groups in total. The van der Waals surface area contributed by atoms with Crippen molar-refractivity contribution in [3.8, 4) is 0 Å². The largest absolute Gasteiger partial charge is 0.370 e. The van der Waals surface area contributed by atoms with Crippen molar-refractivity contribution in [2.24, 2.45) is 16.5 Å². The average molecular weight is 327 g/mol. The minimum Gasteiger partial charge on any atom is -0.370 e. The highest BCUT2D eigenvalue weighted by atomic mass is 19.1. The lowest BCUT2D eigenvalue weighted by Crippen LogP contribution is -2.24. The zero-order valence-electron chi connectivity index (χ0n) is 12.7. The first-order chi connectivity index (χ1) is 11.5. The van der Waals surface area contributed by atoms with E-state index in [0.717, 1.165) is 30.0 Å². The highest BCUT2D eigenvalue weighted by molar-refractivity contribution is 6.02. The Bertz CT molecular complexity index is 884. The maximum atomic E-state index is 14.2. The number of rotatable bonds is 2. The van der Waals surface area contributed by atoms with Crippen LogP contribution in [0.15, 0.2) is 47.5 Å². The molecule has 1 aliphatic carbocycles. The number of aryl methyl sites for hydroxylation is 1. The Hall–Kier alpha value is -3.02. The van der Waals surface area contributed by atoms with Gasteiger partial charge in [0.05, 0.1) is 0 Å². The first kappa shape index (κ1) is 15.9. The summed E-state index contributed by atoms with van der Waals surface area (Å²) < 4.78 is 27.3. The van der Waals surface area contributed by atoms with Gasteiger partial charge in [-0.15, -0.1) is 0 Å². The summed E-state index contributed by atoms with van der Waals surface area (Å²) in [5, 5.41) is 0. The fraction of sp³-hybridized carbons (Fsp3) is 0.111. The van der Waals surface area contributed by atoms with E-state index in [-0.39, 0.29) is 5.96 Å². The Kier molecular flexibility index (Phi) is 4.12. The lowest BCUT2D eigenvalue weighted by Gasteiger charge is -2.19. The van der Waals surface area contributed by atoms with Crippen LogP contribution in [-0.4, -0.2) is 11.9 Å². The summed E-state index contributed by atoms with van der Waals surface area (Å²) in [6.45, 7) is 0. The number of halogens is 2. The molecule has 0 radical (unpaired) electrons. The Morgan fingerprint density at radius 3 is 2.54 bits per heavy atom. The molecule has 1 amide bonds. The van der Waals surface area contributed by atoms with Crippen molar-refractivity contribution in [1.29, 1.82) is 0 Å². The minimum atomic E-state index is -0.643. The molecular formula is C18H15F2N3O. The maximum absolute atomic E-state index is 14.2. The summed E-state index contributed by atoms with van der Waals surface area (Å²) in [5.74, 6) is -2.17. The van der Waals surface area contributed by atoms with Gasteiger partial charge < -0.3 is 11.5 Å². The van der Waals surface area contributed by atoms with Crippen LogP contribution in [0, 0.1) is 11.6 Å². The monoisotopic (exact) mass is 327 g/mol. The molecule has 0 fully saturated rings. The number of guanidine groups is 1. The van der Waals surface area contributed by atoms with Gasteiger partial charge in [0.25, 0.3) is 5.91 Å². The van der Waals surface area contributed by atoms with Crippen molar-refractivity contribution < 1.29 is 13.6 Å². The fourth-order valence-corrected chi connectivity index (χ4v) is 2.80. The predicted octanol–water partition coefficient (Wildman–Crippen LogP) is 2.76. The van der Waals surface area contributed by atoms with Crippen LogP contribution < -0.4 is 11.5 Å². The summed E-state index contributed by atoms with van der Waals surface area (Å²) in [4.78, 5) is 15.5. The van der Waals surface area contributed by atoms with E-state index in [1.165, 1.54) is 12.1 Å². The summed E-state index contributed by atoms with van der Waals surface area (Å²) in [7, 11) is 0. The van der Waals surface area contributed by atoms with Gasteiger partial charge in [-0.2, -0.15) is 4.99 Å². The van der Waals surface area contributed by atoms with E-state index in [1.807, 2.05) is 6.08 Å². The molecule has 2 aromatic rings. The number of aliphatic imine (C=N–C) groups is 1. The molecule has 122 valence electrons. The van der Waals surface area contributed by atoms with E-state index < -0.39 is 17.5 Å². The molecule has 4 nitrogen and oxygen atoms in total. The standard InChI is InChI=1S/C18H15F2N3O/c19-12-6-7-14(16(20)9-12)13-3-1-2-10-4-5-11(8-15(10)13)17(24)23-18(21)22/h3-9H,1-2H2,(H4,21,22,23,24). The van der Waals surface area contributed by atoms with Crippen LogP contribution in [0.2, 0.25) is 0 Å². The van der Waals surface area contributed by atoms with E-state index >= 15 is 0 Å². The average Bonchev–Trinajstić information content (AvgIpc) is 2.53. The second-order valence-electron chi connectivity index (χ2n) is 5.49. The molecule has 0 atom stereocenters. The lowest BCUT2D eigenvalue weighted by molar-refractivity contribution is 0.100. The van der Waals surface area contributed by atoms with Gasteiger partial charge >= 0.3 is 0 Å². The number of hydrogen-bond acceptors (Lipinski definition) is 1. The third-order valence-corrected chi connectivity index (χ3v) is 3.86. The Labute approximate surface area is 137 Å². The molecule has 0 saturated heterocycles. The topological polar surface area (TPSA) is 81.5 Å². The molecule has 0 spiro atoms. The molecule has 0 aliphatic heterocycles. The molecule has 0 bridgehead atoms. The number of amides is 1. The molecule has 0 aromatic heterocycles. The lowest BCUT2D eigenvalue weighted by atomic mass is 9.85. The number of allylic oxidation sites excluding steroid dienone is 1. The van der Waals surface area contributed by atoms with Gasteiger partial charge in [0.1, 0.15) is 11.6 Å². The molecule has 1 aliphatic rings. The van der Waals surface area contributed by atoms with Crippen LogP contribution in [0.3, 0.4) is 0 Å². The summed E-state index contributed by atoms with van der Waals surface area (Å²) in [6.07, 6.45) is 3.40. The van der Waals surface area contributed by atoms with Crippen molar-refractivity contribution in [1.82, 2.24) is 0 Å². The molecule has 3 rings (SSSR count). The number of fused-ring (bicyclic) bond motifs is 1. The van der Waals surface area contributed by atoms with Crippen LogP contribution in [-0.2, 0) is 6.42 Å². The van der Waals surface area contributed by atoms with Gasteiger partial charge in [-0.1, -0.05) is 12.1 Å². The molecule has 0 saturated carbocycles. The van der Waals surface area contributed by atoms with Crippen molar-refractivity contribution in [2.75, 3.05) is 0 Å². The van der Waals surface area contributed by atoms with Gasteiger partial charge in [0.15, 0.2) is 5.96 Å². The van der Waals surface area contributed by atoms with E-state index in [1.54, 1.807) is 18.2 Å². The summed E-state index contributed by atoms with van der Waals surface area (Å²) in [5.41, 5.74) is 13.4. The van der Waals surface area contributed by atoms with E-state index in [9.17, 15) is 13.6 Å². The Morgan fingerprint density at radius 1 is 1.04 bits per heavy atom. The SMILES string of the molecule is NC(N)=NC(=O)c1ccc2c(c1)C(c1ccc(F)cc1F)=CCC2. The molecule has 6 heteroatoms. The van der Waals surface area contributed by atoms with Crippen molar-refractivity contribution >= 4 is 17.4 Å². The third-order valence-electron chi connectivity index (χ3n) is 3.86. The Balaban J connectivity index is 2.09. The second-order valence-corrected chi connectivity index (χ2v) is 5.49. The van der Waals surface area contributed by atoms with Crippen LogP contribution in [0.1, 0.15) is 33.5 Å². The van der Waals surface area contributed by atoms with Crippen molar-refractivity contribution in [3.63, 3.8) is 0 Å². The highest BCUT2D eigenvalue weighted by Crippen LogP contribution is 2.34. The molecule has 2 aromatic carbocycles. The number of hydrogen-bond donors (Lipinski definition) is 2. The minimum absolute atomic E-state index is 0.295. The molecular weight excluding hydrogens is 312 g/mol. The van der Waals surface area contributed by atoms with E-state index in [0.29, 0.717) is 16.7 Å². The van der Waals surface area contributed by atoms with Gasteiger partial charge in [-0.3, -0.25) is 4.79 Å². The zero-order chi connectivity index (χ0) is 17.3. The quantitative estimate of drug-likeness (QED) is 0.657. The summed E-state index contributed by atoms with van der Waals surface area (Å²) >= 11 is 0. The van der Waals surface area contributed by atoms with Crippen LogP contribution in [0.5, 0.6) is 0 Å². The summed E-state index contributed by atoms with van der Waals surface area (Å²) in [6, 6.07) is 8.53. The number of benzene rings is 2. The second kappa shape index (κ2) is 6.23. The maximum Gasteiger partial charge on any atom is 0.280 e. The van der Waals surface area contributed by atoms with Crippen molar-refractivity contribution in [2.45, 2.75) is 12.8 Å². The van der Waals surface area contributed by atoms with Gasteiger partial charge in [-0.25, -0.2) is 8.78 Å². The normalized spacial score (nSPS) is 13.0. The van der Waals surface area contributed by atoms with Crippen molar-refractivity contribution in [3.05, 3.63) is 76.4 Å². The van der Waals surface area contributed by atoms with Gasteiger partial charge in [-0.05, 0) is 53.8 Å². The van der Waals surface area contributed by atoms with Gasteiger partial charge in [0.2, 0.25) is 0 Å². The van der Waals surface area contributed by atoms with E-state index in [2.05, 4.69) is 4.99 Å². The molecule has 24 heavy (non-hydrogen) atoms. The third kappa shape index (κ3) is 3.03. The molecule has 0 heterocycles. The number of carbonyl (C=O) groups excluding carboxylic acids is 1. The first-order valence-electron chi connectivity index (χ1n) is 7.38. The van der Waals surface area contributed by atoms with E-state index in [4.69, 9.17) is 11.5 Å². The smallest absolute Gasteiger partial charge is 0.280 e. The first-order valence-corrected chi connectivity index (χ1v) is 7.38. The highest BCUT2D eigenvalue weighted by Gasteiger charge is 2.19. The van der Waals surface area contributed by atoms with Crippen LogP contribution in [0.4, 0.5) is 8.78 Å². The number of carbonyl (C=O) groups is 1. The fourth-order valence-electron chi connectivity index (χ4n) is 2.80. The molecule has 0 unspecified atom stereocenters. The van der Waals surface area contributed by atoms with Crippen LogP contribution >= 0.6 is 0 Å². The van der Waals surface area contributed by atoms with Crippen LogP contribution in [0.25, 0.3) is 5.57 Å². The number of nitrogens with zero attached hydrogens (tertiary/aromatic N) is 1. The number of nitrogens with two attached hydrogens (primary N) is 2. The van der Waals surface area contributed by atoms with Gasteiger partial charge in [0, 0.05) is 17.2 Å².